The molecule has 0 spiro atoms. The molecule has 1 atom stereocenters. The molecule has 0 saturated carbocycles. The number of methoxy groups -OCH3 is 1. The summed E-state index contributed by atoms with van der Waals surface area (Å²) >= 11 is 0. The largest absolute Gasteiger partial charge is 0.573 e. The average molecular weight is 367 g/mol. The first-order valence-corrected chi connectivity index (χ1v) is 8.59. The fourth-order valence-electron chi connectivity index (χ4n) is 2.70. The Kier molecular flexibility index (Phi) is 7.33. The first kappa shape index (κ1) is 20.1. The lowest BCUT2D eigenvalue weighted by Crippen LogP contribution is -2.20. The molecule has 26 heavy (non-hydrogen) atoms. The number of unbranched alkanes of at least 4 members (excludes halogenated alkanes) is 1. The fraction of sp³-hybridized carbons (Fsp3) is 0.400. The van der Waals surface area contributed by atoms with Crippen LogP contribution in [-0.4, -0.2) is 20.0 Å². The molecule has 2 rings (SSSR count). The molecule has 0 saturated heterocycles. The minimum absolute atomic E-state index is 0.167. The lowest BCUT2D eigenvalue weighted by atomic mass is 10.1. The van der Waals surface area contributed by atoms with Gasteiger partial charge in [-0.1, -0.05) is 24.3 Å². The Morgan fingerprint density at radius 3 is 2.46 bits per heavy atom. The van der Waals surface area contributed by atoms with Gasteiger partial charge in [0.1, 0.15) is 11.5 Å². The van der Waals surface area contributed by atoms with Crippen molar-refractivity contribution in [3.8, 4) is 11.5 Å². The molecule has 1 N–H and O–H groups in total. The van der Waals surface area contributed by atoms with Gasteiger partial charge in [0.05, 0.1) is 7.11 Å². The van der Waals surface area contributed by atoms with Crippen molar-refractivity contribution in [2.45, 2.75) is 38.6 Å². The molecule has 0 fully saturated rings. The Bertz CT molecular complexity index is 689. The lowest BCUT2D eigenvalue weighted by Gasteiger charge is -2.15. The number of rotatable bonds is 9. The first-order valence-electron chi connectivity index (χ1n) is 8.59. The summed E-state index contributed by atoms with van der Waals surface area (Å²) in [6.07, 6.45) is -2.13. The van der Waals surface area contributed by atoms with E-state index in [0.717, 1.165) is 36.3 Å². The van der Waals surface area contributed by atoms with Crippen molar-refractivity contribution in [1.29, 1.82) is 0 Å². The zero-order valence-corrected chi connectivity index (χ0v) is 15.0. The molecule has 0 unspecified atom stereocenters. The fourth-order valence-corrected chi connectivity index (χ4v) is 2.70. The molecule has 3 nitrogen and oxygen atoms in total. The van der Waals surface area contributed by atoms with Gasteiger partial charge in [0.2, 0.25) is 0 Å². The molecular weight excluding hydrogens is 343 g/mol. The third-order valence-electron chi connectivity index (χ3n) is 4.07. The van der Waals surface area contributed by atoms with E-state index in [9.17, 15) is 13.2 Å². The van der Waals surface area contributed by atoms with Crippen molar-refractivity contribution in [3.63, 3.8) is 0 Å². The predicted octanol–water partition coefficient (Wildman–Crippen LogP) is 5.27. The van der Waals surface area contributed by atoms with Crippen LogP contribution in [0.4, 0.5) is 13.2 Å². The normalized spacial score (nSPS) is 12.7. The minimum atomic E-state index is -4.65. The highest BCUT2D eigenvalue weighted by Gasteiger charge is 2.31. The van der Waals surface area contributed by atoms with Gasteiger partial charge in [-0.25, -0.2) is 0 Å². The van der Waals surface area contributed by atoms with Crippen molar-refractivity contribution in [1.82, 2.24) is 5.32 Å². The second kappa shape index (κ2) is 9.48. The number of aryl methyl sites for hydroxylation is 1. The quantitative estimate of drug-likeness (QED) is 0.613. The number of alkyl halides is 3. The molecule has 0 aliphatic carbocycles. The van der Waals surface area contributed by atoms with Crippen LogP contribution in [0.3, 0.4) is 0 Å². The van der Waals surface area contributed by atoms with Gasteiger partial charge in [-0.15, -0.1) is 13.2 Å². The molecule has 0 heterocycles. The smallest absolute Gasteiger partial charge is 0.497 e. The van der Waals surface area contributed by atoms with Crippen LogP contribution in [-0.2, 0) is 6.42 Å². The van der Waals surface area contributed by atoms with E-state index in [0.29, 0.717) is 6.42 Å². The summed E-state index contributed by atoms with van der Waals surface area (Å²) in [6, 6.07) is 14.3. The third-order valence-corrected chi connectivity index (χ3v) is 4.07. The number of nitrogens with one attached hydrogen (secondary N) is 1. The van der Waals surface area contributed by atoms with Gasteiger partial charge in [-0.05, 0) is 68.1 Å². The molecular formula is C20H24F3NO2. The average Bonchev–Trinajstić information content (AvgIpc) is 2.60. The zero-order chi connectivity index (χ0) is 19.0. The van der Waals surface area contributed by atoms with Crippen molar-refractivity contribution in [3.05, 3.63) is 59.7 Å². The summed E-state index contributed by atoms with van der Waals surface area (Å²) in [6.45, 7) is 2.92. The van der Waals surface area contributed by atoms with E-state index >= 15 is 0 Å². The predicted molar refractivity (Wildman–Crippen MR) is 95.5 cm³/mol. The van der Waals surface area contributed by atoms with Crippen molar-refractivity contribution in [2.24, 2.45) is 0 Å². The van der Waals surface area contributed by atoms with Crippen LogP contribution >= 0.6 is 0 Å². The minimum Gasteiger partial charge on any atom is -0.497 e. The van der Waals surface area contributed by atoms with Crippen molar-refractivity contribution >= 4 is 0 Å². The second-order valence-electron chi connectivity index (χ2n) is 6.10. The number of hydrogen-bond acceptors (Lipinski definition) is 3. The third kappa shape index (κ3) is 6.96. The van der Waals surface area contributed by atoms with E-state index in [2.05, 4.69) is 17.0 Å². The lowest BCUT2D eigenvalue weighted by molar-refractivity contribution is -0.274. The molecule has 2 aromatic rings. The van der Waals surface area contributed by atoms with Crippen molar-refractivity contribution in [2.75, 3.05) is 13.7 Å². The summed E-state index contributed by atoms with van der Waals surface area (Å²) in [5, 5.41) is 3.45. The summed E-state index contributed by atoms with van der Waals surface area (Å²) in [4.78, 5) is 0. The van der Waals surface area contributed by atoms with Crippen molar-refractivity contribution < 1.29 is 22.6 Å². The standard InChI is InChI=1S/C20H24F3NO2/c1-15(17-9-6-10-18(14-17)25-2)24-12-4-3-7-16-8-5-11-19(13-16)26-20(21,22)23/h5-6,8-11,13-15,24H,3-4,7,12H2,1-2H3/t15-/m1/s1. The maximum Gasteiger partial charge on any atom is 0.573 e. The van der Waals surface area contributed by atoms with Crippen LogP contribution in [0.2, 0.25) is 0 Å². The summed E-state index contributed by atoms with van der Waals surface area (Å²) < 4.78 is 45.9. The number of benzene rings is 2. The number of halogens is 3. The van der Waals surface area contributed by atoms with Gasteiger partial charge in [-0.2, -0.15) is 0 Å². The van der Waals surface area contributed by atoms with Gasteiger partial charge < -0.3 is 14.8 Å². The Morgan fingerprint density at radius 1 is 1.00 bits per heavy atom. The highest BCUT2D eigenvalue weighted by atomic mass is 19.4. The topological polar surface area (TPSA) is 30.5 Å². The number of hydrogen-bond donors (Lipinski definition) is 1. The van der Waals surface area contributed by atoms with E-state index in [1.54, 1.807) is 13.2 Å². The van der Waals surface area contributed by atoms with Crippen LogP contribution in [0.15, 0.2) is 48.5 Å². The van der Waals surface area contributed by atoms with E-state index < -0.39 is 6.36 Å². The molecule has 0 aliphatic rings. The molecule has 0 aliphatic heterocycles. The summed E-state index contributed by atoms with van der Waals surface area (Å²) in [7, 11) is 1.64. The molecule has 0 amide bonds. The van der Waals surface area contributed by atoms with E-state index in [-0.39, 0.29) is 11.8 Å². The first-order chi connectivity index (χ1) is 12.4. The second-order valence-corrected chi connectivity index (χ2v) is 6.10. The summed E-state index contributed by atoms with van der Waals surface area (Å²) in [5.74, 6) is 0.664. The number of ether oxygens (including phenoxy) is 2. The molecule has 142 valence electrons. The highest BCUT2D eigenvalue weighted by Crippen LogP contribution is 2.24. The van der Waals surface area contributed by atoms with Gasteiger partial charge >= 0.3 is 6.36 Å². The van der Waals surface area contributed by atoms with E-state index in [1.165, 1.54) is 12.1 Å². The van der Waals surface area contributed by atoms with Gasteiger partial charge in [0, 0.05) is 6.04 Å². The zero-order valence-electron chi connectivity index (χ0n) is 15.0. The molecule has 0 bridgehead atoms. The van der Waals surface area contributed by atoms with Gasteiger partial charge in [0.25, 0.3) is 0 Å². The highest BCUT2D eigenvalue weighted by molar-refractivity contribution is 5.30. The monoisotopic (exact) mass is 367 g/mol. The molecule has 6 heteroatoms. The molecule has 2 aromatic carbocycles. The summed E-state index contributed by atoms with van der Waals surface area (Å²) in [5.41, 5.74) is 1.99. The Morgan fingerprint density at radius 2 is 1.73 bits per heavy atom. The van der Waals surface area contributed by atoms with Gasteiger partial charge in [0.15, 0.2) is 0 Å². The Labute approximate surface area is 152 Å². The van der Waals surface area contributed by atoms with Crippen LogP contribution in [0, 0.1) is 0 Å². The molecule has 0 aromatic heterocycles. The van der Waals surface area contributed by atoms with Gasteiger partial charge in [-0.3, -0.25) is 0 Å². The Balaban J connectivity index is 1.72. The van der Waals surface area contributed by atoms with Crippen LogP contribution < -0.4 is 14.8 Å². The van der Waals surface area contributed by atoms with E-state index in [4.69, 9.17) is 4.74 Å². The molecule has 0 radical (unpaired) electrons. The maximum atomic E-state index is 12.3. The van der Waals surface area contributed by atoms with Crippen LogP contribution in [0.1, 0.15) is 36.9 Å². The van der Waals surface area contributed by atoms with Crippen LogP contribution in [0.25, 0.3) is 0 Å². The van der Waals surface area contributed by atoms with E-state index in [1.807, 2.05) is 30.3 Å². The Hall–Kier alpha value is -2.21. The van der Waals surface area contributed by atoms with Crippen LogP contribution in [0.5, 0.6) is 11.5 Å². The maximum absolute atomic E-state index is 12.3. The SMILES string of the molecule is COc1cccc([C@@H](C)NCCCCc2cccc(OC(F)(F)F)c2)c1.